The predicted octanol–water partition coefficient (Wildman–Crippen LogP) is 1.55. The molecule has 2 N–H and O–H groups in total. The van der Waals surface area contributed by atoms with Gasteiger partial charge in [-0.25, -0.2) is 9.59 Å². The van der Waals surface area contributed by atoms with Crippen LogP contribution in [0.5, 0.6) is 5.75 Å². The Kier molecular flexibility index (Phi) is 6.82. The van der Waals surface area contributed by atoms with E-state index in [1.165, 1.54) is 19.2 Å². The van der Waals surface area contributed by atoms with Crippen molar-refractivity contribution in [2.24, 2.45) is 0 Å². The van der Waals surface area contributed by atoms with E-state index in [1.54, 1.807) is 42.5 Å². The second kappa shape index (κ2) is 9.51. The number of rotatable bonds is 6. The fourth-order valence-electron chi connectivity index (χ4n) is 3.02. The largest absolute Gasteiger partial charge is 0.497 e. The number of hydrogen-bond acceptors (Lipinski definition) is 8. The van der Waals surface area contributed by atoms with Crippen LogP contribution in [-0.4, -0.2) is 60.5 Å². The average Bonchev–Trinajstić information content (AvgIpc) is 2.75. The van der Waals surface area contributed by atoms with Crippen molar-refractivity contribution < 1.29 is 38.7 Å². The third kappa shape index (κ3) is 5.11. The van der Waals surface area contributed by atoms with E-state index in [9.17, 15) is 19.8 Å². The molecule has 154 valence electrons. The fourth-order valence-corrected chi connectivity index (χ4v) is 3.02. The highest BCUT2D eigenvalue weighted by molar-refractivity contribution is 5.90. The first-order valence-corrected chi connectivity index (χ1v) is 9.07. The molecule has 0 aromatic heterocycles. The molecule has 2 aromatic carbocycles. The van der Waals surface area contributed by atoms with E-state index in [0.717, 1.165) is 0 Å². The molecule has 0 unspecified atom stereocenters. The summed E-state index contributed by atoms with van der Waals surface area (Å²) in [6.07, 6.45) is -4.50. The Morgan fingerprint density at radius 1 is 1.00 bits per heavy atom. The number of ether oxygens (including phenoxy) is 4. The smallest absolute Gasteiger partial charge is 0.338 e. The van der Waals surface area contributed by atoms with E-state index in [1.807, 2.05) is 0 Å². The molecule has 0 radical (unpaired) electrons. The van der Waals surface area contributed by atoms with Crippen molar-refractivity contribution >= 4 is 11.9 Å². The second-order valence-electron chi connectivity index (χ2n) is 6.46. The topological polar surface area (TPSA) is 112 Å². The van der Waals surface area contributed by atoms with Crippen molar-refractivity contribution in [3.63, 3.8) is 0 Å². The van der Waals surface area contributed by atoms with Crippen LogP contribution in [0.3, 0.4) is 0 Å². The summed E-state index contributed by atoms with van der Waals surface area (Å²) in [5.74, 6) is -0.739. The first-order valence-electron chi connectivity index (χ1n) is 9.07. The SMILES string of the molecule is COc1ccc(C(=O)O[C@H]2[C@H](OC(=O)c3ccccc3)C[C@H](O)O[C@@H]2CO)cc1. The van der Waals surface area contributed by atoms with Crippen LogP contribution in [0.4, 0.5) is 0 Å². The molecule has 1 heterocycles. The summed E-state index contributed by atoms with van der Waals surface area (Å²) in [6, 6.07) is 14.6. The van der Waals surface area contributed by atoms with Gasteiger partial charge < -0.3 is 29.2 Å². The zero-order valence-corrected chi connectivity index (χ0v) is 15.8. The molecule has 2 aromatic rings. The van der Waals surface area contributed by atoms with Gasteiger partial charge in [-0.15, -0.1) is 0 Å². The molecule has 0 amide bonds. The van der Waals surface area contributed by atoms with Crippen LogP contribution in [0, 0.1) is 0 Å². The van der Waals surface area contributed by atoms with E-state index in [0.29, 0.717) is 11.3 Å². The number of aliphatic hydroxyl groups is 2. The van der Waals surface area contributed by atoms with Gasteiger partial charge in [-0.3, -0.25) is 0 Å². The van der Waals surface area contributed by atoms with Crippen molar-refractivity contribution in [1.82, 2.24) is 0 Å². The molecule has 29 heavy (non-hydrogen) atoms. The number of carbonyl (C=O) groups is 2. The average molecular weight is 402 g/mol. The number of carbonyl (C=O) groups excluding carboxylic acids is 2. The van der Waals surface area contributed by atoms with Crippen molar-refractivity contribution in [3.8, 4) is 5.75 Å². The Bertz CT molecular complexity index is 820. The lowest BCUT2D eigenvalue weighted by Crippen LogP contribution is -2.53. The fraction of sp³-hybridized carbons (Fsp3) is 0.333. The summed E-state index contributed by atoms with van der Waals surface area (Å²) >= 11 is 0. The molecule has 1 aliphatic heterocycles. The Morgan fingerprint density at radius 3 is 2.24 bits per heavy atom. The number of methoxy groups -OCH3 is 1. The standard InChI is InChI=1S/C21H22O8/c1-26-15-9-7-14(8-10-15)21(25)29-19-16(11-18(23)27-17(19)12-22)28-20(24)13-5-3-2-4-6-13/h2-10,16-19,22-23H,11-12H2,1H3/t16-,17-,18-,19+/m1/s1. The summed E-state index contributed by atoms with van der Waals surface area (Å²) in [6.45, 7) is -0.531. The summed E-state index contributed by atoms with van der Waals surface area (Å²) in [5.41, 5.74) is 0.566. The zero-order valence-electron chi connectivity index (χ0n) is 15.8. The normalized spacial score (nSPS) is 23.8. The van der Waals surface area contributed by atoms with E-state index < -0.39 is 43.1 Å². The van der Waals surface area contributed by atoms with Crippen LogP contribution < -0.4 is 4.74 Å². The van der Waals surface area contributed by atoms with Gasteiger partial charge in [0.2, 0.25) is 0 Å². The van der Waals surface area contributed by atoms with Crippen LogP contribution >= 0.6 is 0 Å². The number of hydrogen-bond donors (Lipinski definition) is 2. The molecule has 0 aliphatic carbocycles. The molecular formula is C21H22O8. The minimum atomic E-state index is -1.27. The molecule has 8 nitrogen and oxygen atoms in total. The van der Waals surface area contributed by atoms with Gasteiger partial charge in [0.15, 0.2) is 12.4 Å². The lowest BCUT2D eigenvalue weighted by atomic mass is 10.0. The van der Waals surface area contributed by atoms with E-state index in [2.05, 4.69) is 0 Å². The molecule has 1 aliphatic rings. The summed E-state index contributed by atoms with van der Waals surface area (Å²) in [5, 5.41) is 19.5. The molecule has 1 saturated heterocycles. The van der Waals surface area contributed by atoms with Gasteiger partial charge in [0.1, 0.15) is 18.0 Å². The Hall–Kier alpha value is -2.94. The maximum atomic E-state index is 12.6. The highest BCUT2D eigenvalue weighted by Gasteiger charge is 2.43. The molecule has 8 heteroatoms. The van der Waals surface area contributed by atoms with E-state index >= 15 is 0 Å². The van der Waals surface area contributed by atoms with Crippen LogP contribution in [0.15, 0.2) is 54.6 Å². The summed E-state index contributed by atoms with van der Waals surface area (Å²) in [4.78, 5) is 25.0. The third-order valence-electron chi connectivity index (χ3n) is 4.52. The molecule has 4 atom stereocenters. The van der Waals surface area contributed by atoms with E-state index in [4.69, 9.17) is 18.9 Å². The summed E-state index contributed by atoms with van der Waals surface area (Å²) < 4.78 is 21.3. The van der Waals surface area contributed by atoms with Crippen molar-refractivity contribution in [2.45, 2.75) is 31.0 Å². The third-order valence-corrected chi connectivity index (χ3v) is 4.52. The molecule has 0 bridgehead atoms. The molecule has 0 spiro atoms. The van der Waals surface area contributed by atoms with Gasteiger partial charge in [0.05, 0.1) is 24.8 Å². The number of aliphatic hydroxyl groups excluding tert-OH is 2. The minimum absolute atomic E-state index is 0.102. The first kappa shape index (κ1) is 20.8. The lowest BCUT2D eigenvalue weighted by Gasteiger charge is -2.38. The Labute approximate surface area is 167 Å². The quantitative estimate of drug-likeness (QED) is 0.700. The van der Waals surface area contributed by atoms with Crippen molar-refractivity contribution in [2.75, 3.05) is 13.7 Å². The number of esters is 2. The van der Waals surface area contributed by atoms with Crippen LogP contribution in [-0.2, 0) is 14.2 Å². The van der Waals surface area contributed by atoms with E-state index in [-0.39, 0.29) is 12.0 Å². The highest BCUT2D eigenvalue weighted by Crippen LogP contribution is 2.26. The minimum Gasteiger partial charge on any atom is -0.497 e. The maximum absolute atomic E-state index is 12.6. The Morgan fingerprint density at radius 2 is 1.62 bits per heavy atom. The van der Waals surface area contributed by atoms with Crippen LogP contribution in [0.2, 0.25) is 0 Å². The lowest BCUT2D eigenvalue weighted by molar-refractivity contribution is -0.239. The molecule has 0 saturated carbocycles. The van der Waals surface area contributed by atoms with Gasteiger partial charge >= 0.3 is 11.9 Å². The Balaban J connectivity index is 1.77. The van der Waals surface area contributed by atoms with Crippen molar-refractivity contribution in [3.05, 3.63) is 65.7 Å². The van der Waals surface area contributed by atoms with Gasteiger partial charge in [-0.05, 0) is 36.4 Å². The van der Waals surface area contributed by atoms with Gasteiger partial charge in [0, 0.05) is 6.42 Å². The van der Waals surface area contributed by atoms with Crippen molar-refractivity contribution in [1.29, 1.82) is 0 Å². The predicted molar refractivity (Wildman–Crippen MR) is 100 cm³/mol. The van der Waals surface area contributed by atoms with Gasteiger partial charge in [-0.1, -0.05) is 18.2 Å². The van der Waals surface area contributed by atoms with Gasteiger partial charge in [-0.2, -0.15) is 0 Å². The zero-order chi connectivity index (χ0) is 20.8. The number of benzene rings is 2. The monoisotopic (exact) mass is 402 g/mol. The maximum Gasteiger partial charge on any atom is 0.338 e. The van der Waals surface area contributed by atoms with Crippen LogP contribution in [0.1, 0.15) is 27.1 Å². The first-order chi connectivity index (χ1) is 14.0. The molecule has 3 rings (SSSR count). The highest BCUT2D eigenvalue weighted by atomic mass is 16.7. The van der Waals surface area contributed by atoms with Gasteiger partial charge in [0.25, 0.3) is 0 Å². The van der Waals surface area contributed by atoms with Crippen LogP contribution in [0.25, 0.3) is 0 Å². The molecule has 1 fully saturated rings. The molecular weight excluding hydrogens is 380 g/mol. The summed E-state index contributed by atoms with van der Waals surface area (Å²) in [7, 11) is 1.51. The second-order valence-corrected chi connectivity index (χ2v) is 6.46.